The normalized spacial score (nSPS) is 21.5. The second kappa shape index (κ2) is 6.24. The first-order chi connectivity index (χ1) is 10.3. The second-order valence-corrected chi connectivity index (χ2v) is 5.77. The molecule has 1 saturated carbocycles. The summed E-state index contributed by atoms with van der Waals surface area (Å²) in [5.74, 6) is 2.49. The van der Waals surface area contributed by atoms with Crippen LogP contribution in [0.25, 0.3) is 11.0 Å². The van der Waals surface area contributed by atoms with E-state index in [1.165, 1.54) is 0 Å². The first-order valence-corrected chi connectivity index (χ1v) is 8.02. The number of methoxy groups -OCH3 is 1. The number of aryl methyl sites for hydroxylation is 1. The van der Waals surface area contributed by atoms with E-state index in [1.54, 1.807) is 7.11 Å². The molecule has 2 aromatic rings. The van der Waals surface area contributed by atoms with Crippen LogP contribution >= 0.6 is 11.6 Å². The number of hydrogen-bond acceptors (Lipinski definition) is 3. The molecule has 0 bridgehead atoms. The zero-order valence-corrected chi connectivity index (χ0v) is 13.3. The van der Waals surface area contributed by atoms with Crippen molar-refractivity contribution in [3.63, 3.8) is 0 Å². The molecular formula is C16H21ClN2O2. The van der Waals surface area contributed by atoms with Crippen molar-refractivity contribution in [2.75, 3.05) is 19.6 Å². The molecule has 0 amide bonds. The van der Waals surface area contributed by atoms with Gasteiger partial charge in [-0.15, -0.1) is 11.6 Å². The molecule has 5 heteroatoms. The van der Waals surface area contributed by atoms with Gasteiger partial charge in [0.1, 0.15) is 11.6 Å². The van der Waals surface area contributed by atoms with Gasteiger partial charge in [-0.05, 0) is 31.9 Å². The van der Waals surface area contributed by atoms with Gasteiger partial charge in [-0.3, -0.25) is 0 Å². The minimum atomic E-state index is 0.388. The van der Waals surface area contributed by atoms with Crippen LogP contribution in [-0.4, -0.2) is 35.3 Å². The van der Waals surface area contributed by atoms with Crippen LogP contribution in [0.3, 0.4) is 0 Å². The summed E-state index contributed by atoms with van der Waals surface area (Å²) < 4.78 is 13.3. The molecule has 114 valence electrons. The summed E-state index contributed by atoms with van der Waals surface area (Å²) in [5, 5.41) is 0. The molecule has 1 aromatic heterocycles. The first-order valence-electron chi connectivity index (χ1n) is 7.49. The molecule has 1 fully saturated rings. The number of halogens is 1. The number of alkyl halides is 1. The average Bonchev–Trinajstić information content (AvgIpc) is 2.79. The number of ether oxygens (including phenoxy) is 2. The molecule has 4 nitrogen and oxygen atoms in total. The van der Waals surface area contributed by atoms with Crippen LogP contribution in [-0.2, 0) is 11.2 Å². The topological polar surface area (TPSA) is 36.3 Å². The van der Waals surface area contributed by atoms with Crippen molar-refractivity contribution in [1.82, 2.24) is 9.55 Å². The Hall–Kier alpha value is -1.26. The SMILES string of the molecule is CCOC1CC(n2c(CCCl)nc3cc(OC)ccc32)C1. The number of benzene rings is 1. The lowest BCUT2D eigenvalue weighted by Gasteiger charge is -2.37. The fourth-order valence-electron chi connectivity index (χ4n) is 3.04. The zero-order valence-electron chi connectivity index (χ0n) is 12.5. The lowest BCUT2D eigenvalue weighted by molar-refractivity contribution is -0.0192. The van der Waals surface area contributed by atoms with Gasteiger partial charge in [0, 0.05) is 31.0 Å². The van der Waals surface area contributed by atoms with E-state index in [0.717, 1.165) is 48.5 Å². The number of rotatable bonds is 6. The lowest BCUT2D eigenvalue weighted by Crippen LogP contribution is -2.34. The number of imidazole rings is 1. The number of fused-ring (bicyclic) bond motifs is 1. The summed E-state index contributed by atoms with van der Waals surface area (Å²) in [5.41, 5.74) is 2.14. The van der Waals surface area contributed by atoms with Gasteiger partial charge in [0.2, 0.25) is 0 Å². The Morgan fingerprint density at radius 3 is 2.86 bits per heavy atom. The maximum Gasteiger partial charge on any atom is 0.121 e. The molecule has 0 radical (unpaired) electrons. The van der Waals surface area contributed by atoms with Gasteiger partial charge in [0.05, 0.1) is 24.2 Å². The molecule has 0 unspecified atom stereocenters. The number of hydrogen-bond donors (Lipinski definition) is 0. The van der Waals surface area contributed by atoms with E-state index in [9.17, 15) is 0 Å². The van der Waals surface area contributed by atoms with E-state index < -0.39 is 0 Å². The molecule has 3 rings (SSSR count). The largest absolute Gasteiger partial charge is 0.497 e. The lowest BCUT2D eigenvalue weighted by atomic mass is 9.88. The fourth-order valence-corrected chi connectivity index (χ4v) is 3.21. The van der Waals surface area contributed by atoms with Gasteiger partial charge >= 0.3 is 0 Å². The summed E-state index contributed by atoms with van der Waals surface area (Å²) in [7, 11) is 1.68. The van der Waals surface area contributed by atoms with Crippen molar-refractivity contribution in [2.24, 2.45) is 0 Å². The average molecular weight is 309 g/mol. The van der Waals surface area contributed by atoms with Crippen LogP contribution in [0, 0.1) is 0 Å². The van der Waals surface area contributed by atoms with E-state index in [1.807, 2.05) is 19.1 Å². The van der Waals surface area contributed by atoms with Gasteiger partial charge in [-0.1, -0.05) is 0 Å². The van der Waals surface area contributed by atoms with Crippen molar-refractivity contribution >= 4 is 22.6 Å². The van der Waals surface area contributed by atoms with Gasteiger partial charge in [0.25, 0.3) is 0 Å². The highest BCUT2D eigenvalue weighted by Crippen LogP contribution is 2.38. The van der Waals surface area contributed by atoms with Crippen molar-refractivity contribution in [2.45, 2.75) is 38.3 Å². The minimum absolute atomic E-state index is 0.388. The molecule has 1 aliphatic carbocycles. The maximum absolute atomic E-state index is 5.94. The van der Waals surface area contributed by atoms with E-state index >= 15 is 0 Å². The Labute approximate surface area is 130 Å². The minimum Gasteiger partial charge on any atom is -0.497 e. The standard InChI is InChI=1S/C16H21ClN2O2/c1-3-21-13-8-11(9-13)19-15-5-4-12(20-2)10-14(15)18-16(19)6-7-17/h4-5,10-11,13H,3,6-9H2,1-2H3. The monoisotopic (exact) mass is 308 g/mol. The Morgan fingerprint density at radius 1 is 1.38 bits per heavy atom. The summed E-state index contributed by atoms with van der Waals surface area (Å²) in [6.07, 6.45) is 3.29. The van der Waals surface area contributed by atoms with Crippen molar-refractivity contribution < 1.29 is 9.47 Å². The second-order valence-electron chi connectivity index (χ2n) is 5.39. The fraction of sp³-hybridized carbons (Fsp3) is 0.562. The molecule has 21 heavy (non-hydrogen) atoms. The third-order valence-electron chi connectivity index (χ3n) is 4.13. The highest BCUT2D eigenvalue weighted by atomic mass is 35.5. The molecule has 0 saturated heterocycles. The Balaban J connectivity index is 1.93. The molecule has 0 aliphatic heterocycles. The van der Waals surface area contributed by atoms with E-state index in [4.69, 9.17) is 26.1 Å². The van der Waals surface area contributed by atoms with Crippen molar-refractivity contribution in [3.05, 3.63) is 24.0 Å². The van der Waals surface area contributed by atoms with Crippen LogP contribution in [0.2, 0.25) is 0 Å². The first kappa shape index (κ1) is 14.7. The smallest absolute Gasteiger partial charge is 0.121 e. The Bertz CT molecular complexity index is 620. The van der Waals surface area contributed by atoms with Crippen LogP contribution in [0.1, 0.15) is 31.6 Å². The summed E-state index contributed by atoms with van der Waals surface area (Å²) in [4.78, 5) is 4.74. The molecule has 0 N–H and O–H groups in total. The van der Waals surface area contributed by atoms with E-state index in [-0.39, 0.29) is 0 Å². The summed E-state index contributed by atoms with van der Waals surface area (Å²) in [6, 6.07) is 6.54. The van der Waals surface area contributed by atoms with Crippen LogP contribution in [0.15, 0.2) is 18.2 Å². The van der Waals surface area contributed by atoms with Gasteiger partial charge in [-0.2, -0.15) is 0 Å². The van der Waals surface area contributed by atoms with E-state index in [2.05, 4.69) is 10.6 Å². The van der Waals surface area contributed by atoms with Crippen LogP contribution in [0.4, 0.5) is 0 Å². The van der Waals surface area contributed by atoms with Gasteiger partial charge < -0.3 is 14.0 Å². The van der Waals surface area contributed by atoms with E-state index in [0.29, 0.717) is 18.0 Å². The highest BCUT2D eigenvalue weighted by Gasteiger charge is 2.33. The predicted molar refractivity (Wildman–Crippen MR) is 84.4 cm³/mol. The predicted octanol–water partition coefficient (Wildman–Crippen LogP) is 3.57. The molecular weight excluding hydrogens is 288 g/mol. The third-order valence-corrected chi connectivity index (χ3v) is 4.31. The van der Waals surface area contributed by atoms with Crippen molar-refractivity contribution in [1.29, 1.82) is 0 Å². The molecule has 1 aromatic carbocycles. The highest BCUT2D eigenvalue weighted by molar-refractivity contribution is 6.17. The van der Waals surface area contributed by atoms with Gasteiger partial charge in [0.15, 0.2) is 0 Å². The molecule has 1 aliphatic rings. The third kappa shape index (κ3) is 2.74. The Kier molecular flexibility index (Phi) is 4.36. The maximum atomic E-state index is 5.94. The quantitative estimate of drug-likeness (QED) is 0.766. The molecule has 0 atom stereocenters. The molecule has 0 spiro atoms. The zero-order chi connectivity index (χ0) is 14.8. The molecule has 1 heterocycles. The number of nitrogens with zero attached hydrogens (tertiary/aromatic N) is 2. The van der Waals surface area contributed by atoms with Crippen LogP contribution < -0.4 is 4.74 Å². The van der Waals surface area contributed by atoms with Crippen molar-refractivity contribution in [3.8, 4) is 5.75 Å². The summed E-state index contributed by atoms with van der Waals surface area (Å²) >= 11 is 5.94. The van der Waals surface area contributed by atoms with Gasteiger partial charge in [-0.25, -0.2) is 4.98 Å². The van der Waals surface area contributed by atoms with Crippen LogP contribution in [0.5, 0.6) is 5.75 Å². The summed E-state index contributed by atoms with van der Waals surface area (Å²) in [6.45, 7) is 2.83. The number of aromatic nitrogens is 2. The Morgan fingerprint density at radius 2 is 2.19 bits per heavy atom.